The lowest BCUT2D eigenvalue weighted by Crippen LogP contribution is -2.57. The molecule has 0 atom stereocenters. The van der Waals surface area contributed by atoms with Crippen molar-refractivity contribution in [1.29, 1.82) is 0 Å². The first kappa shape index (κ1) is 11.1. The normalized spacial score (nSPS) is 18.5. The molecule has 2 rings (SSSR count). The van der Waals surface area contributed by atoms with Crippen molar-refractivity contribution in [2.24, 2.45) is 0 Å². The van der Waals surface area contributed by atoms with Crippen LogP contribution in [0.5, 0.6) is 0 Å². The monoisotopic (exact) mass is 269 g/mol. The van der Waals surface area contributed by atoms with E-state index in [1.54, 1.807) is 7.11 Å². The molecule has 82 valence electrons. The summed E-state index contributed by atoms with van der Waals surface area (Å²) in [4.78, 5) is 0. The Morgan fingerprint density at radius 2 is 2.27 bits per heavy atom. The summed E-state index contributed by atoms with van der Waals surface area (Å²) in [6.45, 7) is 2.95. The summed E-state index contributed by atoms with van der Waals surface area (Å²) >= 11 is 3.52. The predicted octanol–water partition coefficient (Wildman–Crippen LogP) is 2.33. The molecule has 0 saturated carbocycles. The van der Waals surface area contributed by atoms with E-state index in [9.17, 15) is 0 Å². The van der Waals surface area contributed by atoms with Crippen LogP contribution >= 0.6 is 15.9 Å². The molecule has 0 amide bonds. The minimum atomic E-state index is 0.291. The van der Waals surface area contributed by atoms with Gasteiger partial charge in [-0.15, -0.1) is 0 Å². The highest BCUT2D eigenvalue weighted by atomic mass is 79.9. The second-order valence-corrected chi connectivity index (χ2v) is 5.05. The van der Waals surface area contributed by atoms with Gasteiger partial charge >= 0.3 is 0 Å². The molecule has 1 fully saturated rings. The Kier molecular flexibility index (Phi) is 3.44. The smallest absolute Gasteiger partial charge is 0.0471 e. The van der Waals surface area contributed by atoms with Crippen molar-refractivity contribution < 1.29 is 4.74 Å². The van der Waals surface area contributed by atoms with Crippen LogP contribution < -0.4 is 5.32 Å². The molecule has 0 unspecified atom stereocenters. The summed E-state index contributed by atoms with van der Waals surface area (Å²) < 4.78 is 6.34. The Morgan fingerprint density at radius 1 is 1.47 bits per heavy atom. The number of rotatable bonds is 4. The van der Waals surface area contributed by atoms with Crippen LogP contribution in [0.25, 0.3) is 0 Å². The van der Waals surface area contributed by atoms with Crippen LogP contribution in [-0.2, 0) is 10.2 Å². The van der Waals surface area contributed by atoms with Gasteiger partial charge < -0.3 is 10.1 Å². The summed E-state index contributed by atoms with van der Waals surface area (Å²) in [5, 5.41) is 3.36. The van der Waals surface area contributed by atoms with Gasteiger partial charge in [-0.2, -0.15) is 0 Å². The first-order valence-corrected chi connectivity index (χ1v) is 6.02. The summed E-state index contributed by atoms with van der Waals surface area (Å²) in [5.74, 6) is 0. The van der Waals surface area contributed by atoms with Gasteiger partial charge in [0.25, 0.3) is 0 Å². The van der Waals surface area contributed by atoms with Crippen molar-refractivity contribution in [3.8, 4) is 0 Å². The number of hydrogen-bond acceptors (Lipinski definition) is 2. The number of halogens is 1. The SMILES string of the molecule is COCCC1(c2cccc(Br)c2)CNC1. The second-order valence-electron chi connectivity index (χ2n) is 4.14. The van der Waals surface area contributed by atoms with Gasteiger partial charge in [-0.25, -0.2) is 0 Å². The first-order valence-electron chi connectivity index (χ1n) is 5.23. The van der Waals surface area contributed by atoms with Crippen LogP contribution in [-0.4, -0.2) is 26.8 Å². The fourth-order valence-corrected chi connectivity index (χ4v) is 2.47. The molecule has 0 spiro atoms. The van der Waals surface area contributed by atoms with E-state index in [0.29, 0.717) is 5.41 Å². The van der Waals surface area contributed by atoms with E-state index in [1.165, 1.54) is 5.56 Å². The van der Waals surface area contributed by atoms with Crippen LogP contribution in [0.1, 0.15) is 12.0 Å². The molecule has 1 aliphatic heterocycles. The second kappa shape index (κ2) is 4.64. The molecular formula is C12H16BrNO. The molecule has 1 aromatic carbocycles. The van der Waals surface area contributed by atoms with E-state index in [2.05, 4.69) is 45.5 Å². The van der Waals surface area contributed by atoms with Gasteiger partial charge in [0.1, 0.15) is 0 Å². The average Bonchev–Trinajstić information content (AvgIpc) is 2.16. The maximum atomic E-state index is 5.19. The molecule has 1 heterocycles. The van der Waals surface area contributed by atoms with Gasteiger partial charge in [-0.3, -0.25) is 0 Å². The van der Waals surface area contributed by atoms with Gasteiger partial charge in [0.2, 0.25) is 0 Å². The van der Waals surface area contributed by atoms with Crippen LogP contribution in [0.3, 0.4) is 0 Å². The highest BCUT2D eigenvalue weighted by Crippen LogP contribution is 2.33. The molecule has 1 aliphatic rings. The minimum absolute atomic E-state index is 0.291. The molecule has 1 N–H and O–H groups in total. The quantitative estimate of drug-likeness (QED) is 0.906. The molecule has 1 saturated heterocycles. The molecule has 2 nitrogen and oxygen atoms in total. The standard InChI is InChI=1S/C12H16BrNO/c1-15-6-5-12(8-14-9-12)10-3-2-4-11(13)7-10/h2-4,7,14H,5-6,8-9H2,1H3. The van der Waals surface area contributed by atoms with Crippen LogP contribution in [0, 0.1) is 0 Å². The highest BCUT2D eigenvalue weighted by molar-refractivity contribution is 9.10. The Balaban J connectivity index is 2.18. The Labute approximate surface area is 99.1 Å². The third-order valence-electron chi connectivity index (χ3n) is 3.15. The molecule has 0 radical (unpaired) electrons. The summed E-state index contributed by atoms with van der Waals surface area (Å²) in [6.07, 6.45) is 1.09. The molecule has 0 bridgehead atoms. The van der Waals surface area contributed by atoms with Crippen molar-refractivity contribution >= 4 is 15.9 Å². The van der Waals surface area contributed by atoms with Crippen LogP contribution in [0.15, 0.2) is 28.7 Å². The zero-order valence-corrected chi connectivity index (χ0v) is 10.5. The topological polar surface area (TPSA) is 21.3 Å². The molecule has 15 heavy (non-hydrogen) atoms. The van der Waals surface area contributed by atoms with Crippen molar-refractivity contribution in [1.82, 2.24) is 5.32 Å². The van der Waals surface area contributed by atoms with E-state index in [1.807, 2.05) is 0 Å². The largest absolute Gasteiger partial charge is 0.385 e. The highest BCUT2D eigenvalue weighted by Gasteiger charge is 2.38. The van der Waals surface area contributed by atoms with E-state index in [-0.39, 0.29) is 0 Å². The lowest BCUT2D eigenvalue weighted by molar-refractivity contribution is 0.142. The lowest BCUT2D eigenvalue weighted by Gasteiger charge is -2.43. The van der Waals surface area contributed by atoms with Gasteiger partial charge in [0.15, 0.2) is 0 Å². The summed E-state index contributed by atoms with van der Waals surface area (Å²) in [7, 11) is 1.76. The molecule has 0 aliphatic carbocycles. The number of nitrogens with one attached hydrogen (secondary N) is 1. The zero-order chi connectivity index (χ0) is 10.7. The maximum Gasteiger partial charge on any atom is 0.0471 e. The first-order chi connectivity index (χ1) is 7.27. The summed E-state index contributed by atoms with van der Waals surface area (Å²) in [6, 6.07) is 8.60. The summed E-state index contributed by atoms with van der Waals surface area (Å²) in [5.41, 5.74) is 1.70. The molecular weight excluding hydrogens is 254 g/mol. The van der Waals surface area contributed by atoms with Gasteiger partial charge in [0.05, 0.1) is 0 Å². The predicted molar refractivity (Wildman–Crippen MR) is 65.2 cm³/mol. The molecule has 1 aromatic rings. The average molecular weight is 270 g/mol. The van der Waals surface area contributed by atoms with Crippen LogP contribution in [0.4, 0.5) is 0 Å². The van der Waals surface area contributed by atoms with Crippen molar-refractivity contribution in [2.45, 2.75) is 11.8 Å². The third-order valence-corrected chi connectivity index (χ3v) is 3.64. The van der Waals surface area contributed by atoms with Crippen molar-refractivity contribution in [3.05, 3.63) is 34.3 Å². The number of hydrogen-bond donors (Lipinski definition) is 1. The Hall–Kier alpha value is -0.380. The van der Waals surface area contributed by atoms with E-state index >= 15 is 0 Å². The number of methoxy groups -OCH3 is 1. The number of benzene rings is 1. The third kappa shape index (κ3) is 2.25. The molecule has 3 heteroatoms. The van der Waals surface area contributed by atoms with Gasteiger partial charge in [-0.1, -0.05) is 28.1 Å². The van der Waals surface area contributed by atoms with Gasteiger partial charge in [0, 0.05) is 36.7 Å². The molecule has 0 aromatic heterocycles. The van der Waals surface area contributed by atoms with E-state index in [0.717, 1.165) is 30.6 Å². The van der Waals surface area contributed by atoms with Crippen molar-refractivity contribution in [2.75, 3.05) is 26.8 Å². The number of ether oxygens (including phenoxy) is 1. The fourth-order valence-electron chi connectivity index (χ4n) is 2.07. The van der Waals surface area contributed by atoms with E-state index in [4.69, 9.17) is 4.74 Å². The fraction of sp³-hybridized carbons (Fsp3) is 0.500. The maximum absolute atomic E-state index is 5.19. The van der Waals surface area contributed by atoms with Gasteiger partial charge in [-0.05, 0) is 24.1 Å². The van der Waals surface area contributed by atoms with Crippen molar-refractivity contribution in [3.63, 3.8) is 0 Å². The Bertz CT molecular complexity index is 336. The Morgan fingerprint density at radius 3 is 2.80 bits per heavy atom. The van der Waals surface area contributed by atoms with E-state index < -0.39 is 0 Å². The minimum Gasteiger partial charge on any atom is -0.385 e. The van der Waals surface area contributed by atoms with Crippen LogP contribution in [0.2, 0.25) is 0 Å². The zero-order valence-electron chi connectivity index (χ0n) is 8.92. The lowest BCUT2D eigenvalue weighted by atomic mass is 9.73.